The maximum atomic E-state index is 13.2. The summed E-state index contributed by atoms with van der Waals surface area (Å²) in [5.74, 6) is -0.119. The lowest BCUT2D eigenvalue weighted by molar-refractivity contribution is -0.126. The molecule has 4 rings (SSSR count). The van der Waals surface area contributed by atoms with Crippen molar-refractivity contribution in [1.29, 1.82) is 0 Å². The van der Waals surface area contributed by atoms with Gasteiger partial charge in [0, 0.05) is 31.1 Å². The highest BCUT2D eigenvalue weighted by atomic mass is 16.2. The van der Waals surface area contributed by atoms with Crippen molar-refractivity contribution >= 4 is 11.8 Å². The van der Waals surface area contributed by atoms with Crippen molar-refractivity contribution in [2.24, 2.45) is 5.92 Å². The van der Waals surface area contributed by atoms with Crippen LogP contribution in [0.3, 0.4) is 0 Å². The summed E-state index contributed by atoms with van der Waals surface area (Å²) >= 11 is 0. The number of likely N-dealkylation sites (tertiary alicyclic amines) is 1. The molecule has 3 aromatic carbocycles. The Morgan fingerprint density at radius 3 is 2.31 bits per heavy atom. The standard InChI is InChI=1S/C28H30N2O2/c1-20-8-6-10-22(14-20)17-29-27(31)26-16-25(24-13-7-9-21(2)15-24)18-30(19-26)28(32)23-11-4-3-5-12-23/h3-15,25-26H,16-19H2,1-2H3,(H,29,31). The smallest absolute Gasteiger partial charge is 0.253 e. The number of nitrogens with zero attached hydrogens (tertiary/aromatic N) is 1. The van der Waals surface area contributed by atoms with Gasteiger partial charge in [-0.15, -0.1) is 0 Å². The van der Waals surface area contributed by atoms with Crippen molar-refractivity contribution < 1.29 is 9.59 Å². The number of carbonyl (C=O) groups is 2. The largest absolute Gasteiger partial charge is 0.352 e. The second kappa shape index (κ2) is 9.82. The van der Waals surface area contributed by atoms with Gasteiger partial charge in [0.15, 0.2) is 0 Å². The number of amides is 2. The monoisotopic (exact) mass is 426 g/mol. The van der Waals surface area contributed by atoms with E-state index in [0.29, 0.717) is 25.2 Å². The molecular formula is C28H30N2O2. The molecule has 1 aliphatic heterocycles. The molecular weight excluding hydrogens is 396 g/mol. The lowest BCUT2D eigenvalue weighted by atomic mass is 9.83. The first-order chi connectivity index (χ1) is 15.5. The van der Waals surface area contributed by atoms with Crippen LogP contribution in [0.4, 0.5) is 0 Å². The number of aryl methyl sites for hydroxylation is 2. The predicted molar refractivity (Wildman–Crippen MR) is 127 cm³/mol. The average Bonchev–Trinajstić information content (AvgIpc) is 2.82. The van der Waals surface area contributed by atoms with Crippen molar-refractivity contribution in [1.82, 2.24) is 10.2 Å². The van der Waals surface area contributed by atoms with Crippen LogP contribution in [0.1, 0.15) is 45.0 Å². The van der Waals surface area contributed by atoms with E-state index in [9.17, 15) is 9.59 Å². The molecule has 0 radical (unpaired) electrons. The van der Waals surface area contributed by atoms with E-state index in [1.807, 2.05) is 60.4 Å². The molecule has 0 spiro atoms. The molecule has 0 aliphatic carbocycles. The molecule has 164 valence electrons. The molecule has 0 bridgehead atoms. The van der Waals surface area contributed by atoms with E-state index in [1.165, 1.54) is 16.7 Å². The summed E-state index contributed by atoms with van der Waals surface area (Å²) < 4.78 is 0. The van der Waals surface area contributed by atoms with Crippen LogP contribution < -0.4 is 5.32 Å². The average molecular weight is 427 g/mol. The Hall–Kier alpha value is -3.40. The quantitative estimate of drug-likeness (QED) is 0.633. The van der Waals surface area contributed by atoms with Crippen LogP contribution in [0.5, 0.6) is 0 Å². The topological polar surface area (TPSA) is 49.4 Å². The van der Waals surface area contributed by atoms with Crippen LogP contribution in [-0.4, -0.2) is 29.8 Å². The van der Waals surface area contributed by atoms with Crippen LogP contribution in [0.2, 0.25) is 0 Å². The van der Waals surface area contributed by atoms with Crippen molar-refractivity contribution in [3.63, 3.8) is 0 Å². The molecule has 4 heteroatoms. The molecule has 2 atom stereocenters. The van der Waals surface area contributed by atoms with Gasteiger partial charge in [-0.05, 0) is 43.5 Å². The van der Waals surface area contributed by atoms with Gasteiger partial charge in [-0.1, -0.05) is 77.9 Å². The number of hydrogen-bond acceptors (Lipinski definition) is 2. The molecule has 1 N–H and O–H groups in total. The zero-order valence-corrected chi connectivity index (χ0v) is 18.8. The SMILES string of the molecule is Cc1cccc(CNC(=O)C2CC(c3cccc(C)c3)CN(C(=O)c3ccccc3)C2)c1. The summed E-state index contributed by atoms with van der Waals surface area (Å²) in [6.45, 7) is 5.69. The maximum absolute atomic E-state index is 13.2. The lowest BCUT2D eigenvalue weighted by Gasteiger charge is -2.37. The molecule has 0 aromatic heterocycles. The van der Waals surface area contributed by atoms with Gasteiger partial charge in [0.25, 0.3) is 5.91 Å². The van der Waals surface area contributed by atoms with Crippen molar-refractivity contribution in [2.75, 3.05) is 13.1 Å². The van der Waals surface area contributed by atoms with E-state index < -0.39 is 0 Å². The normalized spacial score (nSPS) is 18.2. The minimum absolute atomic E-state index is 0.00900. The zero-order valence-electron chi connectivity index (χ0n) is 18.8. The summed E-state index contributed by atoms with van der Waals surface area (Å²) in [6, 6.07) is 25.9. The maximum Gasteiger partial charge on any atom is 0.253 e. The second-order valence-corrected chi connectivity index (χ2v) is 8.83. The Kier molecular flexibility index (Phi) is 6.69. The minimum atomic E-state index is -0.244. The first-order valence-electron chi connectivity index (χ1n) is 11.2. The molecule has 32 heavy (non-hydrogen) atoms. The van der Waals surface area contributed by atoms with E-state index in [0.717, 1.165) is 12.0 Å². The van der Waals surface area contributed by atoms with Crippen LogP contribution in [0.25, 0.3) is 0 Å². The zero-order chi connectivity index (χ0) is 22.5. The molecule has 2 unspecified atom stereocenters. The Balaban J connectivity index is 1.53. The summed E-state index contributed by atoms with van der Waals surface area (Å²) in [7, 11) is 0. The summed E-state index contributed by atoms with van der Waals surface area (Å²) in [6.07, 6.45) is 0.738. The number of rotatable bonds is 5. The van der Waals surface area contributed by atoms with Gasteiger partial charge in [0.2, 0.25) is 5.91 Å². The highest BCUT2D eigenvalue weighted by molar-refractivity contribution is 5.94. The molecule has 2 amide bonds. The number of carbonyl (C=O) groups excluding carboxylic acids is 2. The molecule has 1 fully saturated rings. The van der Waals surface area contributed by atoms with Gasteiger partial charge in [0.1, 0.15) is 0 Å². The van der Waals surface area contributed by atoms with E-state index >= 15 is 0 Å². The number of piperidine rings is 1. The summed E-state index contributed by atoms with van der Waals surface area (Å²) in [4.78, 5) is 28.2. The highest BCUT2D eigenvalue weighted by Gasteiger charge is 2.34. The Labute approximate surface area is 190 Å². The van der Waals surface area contributed by atoms with Gasteiger partial charge < -0.3 is 10.2 Å². The Bertz CT molecular complexity index is 1090. The van der Waals surface area contributed by atoms with Gasteiger partial charge in [-0.3, -0.25) is 9.59 Å². The van der Waals surface area contributed by atoms with E-state index in [2.05, 4.69) is 42.6 Å². The predicted octanol–water partition coefficient (Wildman–Crippen LogP) is 4.87. The van der Waals surface area contributed by atoms with Crippen molar-refractivity contribution in [3.05, 3.63) is 107 Å². The molecule has 0 saturated carbocycles. The van der Waals surface area contributed by atoms with Crippen LogP contribution >= 0.6 is 0 Å². The minimum Gasteiger partial charge on any atom is -0.352 e. The first-order valence-corrected chi connectivity index (χ1v) is 11.2. The third-order valence-electron chi connectivity index (χ3n) is 6.19. The third kappa shape index (κ3) is 5.25. The van der Waals surface area contributed by atoms with Gasteiger partial charge in [0.05, 0.1) is 5.92 Å². The second-order valence-electron chi connectivity index (χ2n) is 8.83. The van der Waals surface area contributed by atoms with Gasteiger partial charge >= 0.3 is 0 Å². The highest BCUT2D eigenvalue weighted by Crippen LogP contribution is 2.32. The summed E-state index contributed by atoms with van der Waals surface area (Å²) in [5, 5.41) is 3.10. The van der Waals surface area contributed by atoms with E-state index in [-0.39, 0.29) is 23.7 Å². The lowest BCUT2D eigenvalue weighted by Crippen LogP contribution is -2.48. The van der Waals surface area contributed by atoms with Crippen LogP contribution in [0, 0.1) is 19.8 Å². The van der Waals surface area contributed by atoms with E-state index in [4.69, 9.17) is 0 Å². The fourth-order valence-corrected chi connectivity index (χ4v) is 4.54. The van der Waals surface area contributed by atoms with E-state index in [1.54, 1.807) is 0 Å². The molecule has 4 nitrogen and oxygen atoms in total. The van der Waals surface area contributed by atoms with Crippen LogP contribution in [0.15, 0.2) is 78.9 Å². The summed E-state index contributed by atoms with van der Waals surface area (Å²) in [5.41, 5.74) is 5.30. The van der Waals surface area contributed by atoms with Gasteiger partial charge in [-0.2, -0.15) is 0 Å². The molecule has 1 heterocycles. The number of nitrogens with one attached hydrogen (secondary N) is 1. The molecule has 3 aromatic rings. The number of hydrogen-bond donors (Lipinski definition) is 1. The van der Waals surface area contributed by atoms with Crippen LogP contribution in [-0.2, 0) is 11.3 Å². The molecule has 1 saturated heterocycles. The fourth-order valence-electron chi connectivity index (χ4n) is 4.54. The molecule has 1 aliphatic rings. The van der Waals surface area contributed by atoms with Crippen molar-refractivity contribution in [2.45, 2.75) is 32.7 Å². The number of benzene rings is 3. The third-order valence-corrected chi connectivity index (χ3v) is 6.19. The first kappa shape index (κ1) is 21.8. The Morgan fingerprint density at radius 1 is 0.875 bits per heavy atom. The fraction of sp³-hybridized carbons (Fsp3) is 0.286. The Morgan fingerprint density at radius 2 is 1.59 bits per heavy atom. The van der Waals surface area contributed by atoms with Gasteiger partial charge in [-0.25, -0.2) is 0 Å². The van der Waals surface area contributed by atoms with Crippen molar-refractivity contribution in [3.8, 4) is 0 Å².